The molecule has 2 N–H and O–H groups in total. The van der Waals surface area contributed by atoms with Crippen molar-refractivity contribution in [3.05, 3.63) is 30.2 Å². The van der Waals surface area contributed by atoms with Crippen molar-refractivity contribution in [1.82, 2.24) is 20.4 Å². The zero-order chi connectivity index (χ0) is 13.0. The number of hydrogen-bond donors (Lipinski definition) is 2. The number of nitrogens with zero attached hydrogens (tertiary/aromatic N) is 2. The maximum Gasteiger partial charge on any atom is 0.314 e. The smallest absolute Gasteiger partial charge is 0.314 e. The Balaban J connectivity index is 2.06. The summed E-state index contributed by atoms with van der Waals surface area (Å²) in [5.74, 6) is 0.774. The Bertz CT molecular complexity index is 516. The van der Waals surface area contributed by atoms with Gasteiger partial charge in [0.05, 0.1) is 18.5 Å². The van der Waals surface area contributed by atoms with E-state index < -0.39 is 0 Å². The largest absolute Gasteiger partial charge is 0.463 e. The third-order valence-electron chi connectivity index (χ3n) is 2.51. The van der Waals surface area contributed by atoms with E-state index in [0.29, 0.717) is 13.1 Å². The first-order valence-corrected chi connectivity index (χ1v) is 5.74. The molecule has 6 heteroatoms. The first-order chi connectivity index (χ1) is 8.70. The molecule has 0 aromatic carbocycles. The Morgan fingerprint density at radius 3 is 3.06 bits per heavy atom. The van der Waals surface area contributed by atoms with E-state index in [9.17, 15) is 4.79 Å². The van der Waals surface area contributed by atoms with Gasteiger partial charge in [-0.25, -0.2) is 4.79 Å². The molecule has 2 amide bonds. The normalized spacial score (nSPS) is 10.3. The Morgan fingerprint density at radius 2 is 2.39 bits per heavy atom. The highest BCUT2D eigenvalue weighted by molar-refractivity contribution is 5.73. The highest BCUT2D eigenvalue weighted by atomic mass is 16.3. The molecule has 0 saturated carbocycles. The number of nitrogens with one attached hydrogen (secondary N) is 2. The van der Waals surface area contributed by atoms with Crippen LogP contribution in [0.15, 0.2) is 28.9 Å². The lowest BCUT2D eigenvalue weighted by atomic mass is 10.3. The first-order valence-electron chi connectivity index (χ1n) is 5.74. The minimum atomic E-state index is -0.196. The van der Waals surface area contributed by atoms with Crippen LogP contribution in [-0.2, 0) is 6.54 Å². The zero-order valence-corrected chi connectivity index (χ0v) is 10.4. The number of aromatic nitrogens is 2. The fourth-order valence-electron chi connectivity index (χ4n) is 1.70. The van der Waals surface area contributed by atoms with Crippen molar-refractivity contribution in [3.8, 4) is 11.5 Å². The van der Waals surface area contributed by atoms with Crippen molar-refractivity contribution in [2.45, 2.75) is 13.5 Å². The van der Waals surface area contributed by atoms with Crippen LogP contribution >= 0.6 is 0 Å². The summed E-state index contributed by atoms with van der Waals surface area (Å²) in [5, 5.41) is 9.60. The molecule has 0 fully saturated rings. The van der Waals surface area contributed by atoms with Gasteiger partial charge < -0.3 is 15.1 Å². The van der Waals surface area contributed by atoms with Gasteiger partial charge in [-0.15, -0.1) is 0 Å². The van der Waals surface area contributed by atoms with E-state index in [-0.39, 0.29) is 6.03 Å². The standard InChI is InChI=1S/C12H16N4O2/c1-9-8-10(11-4-3-7-18-11)16(15-9)6-5-14-12(17)13-2/h3-4,7-8H,5-6H2,1-2H3,(H2,13,14,17). The van der Waals surface area contributed by atoms with Gasteiger partial charge in [0.15, 0.2) is 5.76 Å². The van der Waals surface area contributed by atoms with Crippen molar-refractivity contribution in [2.24, 2.45) is 0 Å². The van der Waals surface area contributed by atoms with Crippen molar-refractivity contribution >= 4 is 6.03 Å². The van der Waals surface area contributed by atoms with Crippen molar-refractivity contribution < 1.29 is 9.21 Å². The summed E-state index contributed by atoms with van der Waals surface area (Å²) in [6.45, 7) is 3.03. The molecule has 96 valence electrons. The van der Waals surface area contributed by atoms with Gasteiger partial charge in [-0.1, -0.05) is 0 Å². The number of carbonyl (C=O) groups is 1. The van der Waals surface area contributed by atoms with Crippen LogP contribution in [0.2, 0.25) is 0 Å². The number of rotatable bonds is 4. The topological polar surface area (TPSA) is 72.1 Å². The lowest BCUT2D eigenvalue weighted by Gasteiger charge is -2.07. The van der Waals surface area contributed by atoms with Crippen LogP contribution in [0.4, 0.5) is 4.79 Å². The van der Waals surface area contributed by atoms with Crippen molar-refractivity contribution in [3.63, 3.8) is 0 Å². The Hall–Kier alpha value is -2.24. The Kier molecular flexibility index (Phi) is 3.66. The molecule has 0 saturated heterocycles. The minimum Gasteiger partial charge on any atom is -0.463 e. The van der Waals surface area contributed by atoms with Gasteiger partial charge in [0.2, 0.25) is 0 Å². The molecule has 0 unspecified atom stereocenters. The van der Waals surface area contributed by atoms with Gasteiger partial charge in [0, 0.05) is 13.6 Å². The van der Waals surface area contributed by atoms with E-state index in [4.69, 9.17) is 4.42 Å². The molecule has 0 aliphatic heterocycles. The molecule has 18 heavy (non-hydrogen) atoms. The third kappa shape index (κ3) is 2.71. The number of amides is 2. The second-order valence-corrected chi connectivity index (χ2v) is 3.88. The predicted octanol–water partition coefficient (Wildman–Crippen LogP) is 1.38. The van der Waals surface area contributed by atoms with E-state index in [1.165, 1.54) is 0 Å². The summed E-state index contributed by atoms with van der Waals surface area (Å²) >= 11 is 0. The van der Waals surface area contributed by atoms with Crippen molar-refractivity contribution in [2.75, 3.05) is 13.6 Å². The molecule has 0 aliphatic carbocycles. The molecular formula is C12H16N4O2. The van der Waals surface area contributed by atoms with Gasteiger partial charge in [0.1, 0.15) is 5.69 Å². The quantitative estimate of drug-likeness (QED) is 0.858. The second-order valence-electron chi connectivity index (χ2n) is 3.88. The average molecular weight is 248 g/mol. The van der Waals surface area contributed by atoms with Crippen LogP contribution in [0, 0.1) is 6.92 Å². The molecule has 0 aliphatic rings. The molecule has 0 bridgehead atoms. The molecule has 2 aromatic rings. The van der Waals surface area contributed by atoms with E-state index in [2.05, 4.69) is 15.7 Å². The number of urea groups is 1. The molecule has 0 spiro atoms. The summed E-state index contributed by atoms with van der Waals surface area (Å²) in [4.78, 5) is 11.1. The van der Waals surface area contributed by atoms with E-state index in [1.54, 1.807) is 13.3 Å². The van der Waals surface area contributed by atoms with E-state index >= 15 is 0 Å². The molecule has 2 aromatic heterocycles. The molecule has 0 radical (unpaired) electrons. The highest BCUT2D eigenvalue weighted by Crippen LogP contribution is 2.20. The lowest BCUT2D eigenvalue weighted by molar-refractivity contribution is 0.242. The van der Waals surface area contributed by atoms with Gasteiger partial charge in [-0.2, -0.15) is 5.10 Å². The monoisotopic (exact) mass is 248 g/mol. The predicted molar refractivity (Wildman–Crippen MR) is 67.1 cm³/mol. The Labute approximate surface area is 105 Å². The summed E-state index contributed by atoms with van der Waals surface area (Å²) in [7, 11) is 1.58. The number of hydrogen-bond acceptors (Lipinski definition) is 3. The molecule has 0 atom stereocenters. The third-order valence-corrected chi connectivity index (χ3v) is 2.51. The minimum absolute atomic E-state index is 0.196. The summed E-state index contributed by atoms with van der Waals surface area (Å²) in [6, 6.07) is 5.49. The van der Waals surface area contributed by atoms with Gasteiger partial charge in [-0.05, 0) is 25.1 Å². The number of aryl methyl sites for hydroxylation is 1. The summed E-state index contributed by atoms with van der Waals surface area (Å²) in [5.41, 5.74) is 1.83. The summed E-state index contributed by atoms with van der Waals surface area (Å²) < 4.78 is 7.19. The van der Waals surface area contributed by atoms with Gasteiger partial charge in [0.25, 0.3) is 0 Å². The fourth-order valence-corrected chi connectivity index (χ4v) is 1.70. The Morgan fingerprint density at radius 1 is 1.56 bits per heavy atom. The number of furan rings is 1. The molecule has 2 heterocycles. The van der Waals surface area contributed by atoms with E-state index in [1.807, 2.05) is 29.8 Å². The summed E-state index contributed by atoms with van der Waals surface area (Å²) in [6.07, 6.45) is 1.63. The first kappa shape index (κ1) is 12.2. The maximum atomic E-state index is 11.1. The fraction of sp³-hybridized carbons (Fsp3) is 0.333. The molecule has 2 rings (SSSR count). The lowest BCUT2D eigenvalue weighted by Crippen LogP contribution is -2.35. The second kappa shape index (κ2) is 5.39. The van der Waals surface area contributed by atoms with Gasteiger partial charge in [-0.3, -0.25) is 4.68 Å². The SMILES string of the molecule is CNC(=O)NCCn1nc(C)cc1-c1ccco1. The van der Waals surface area contributed by atoms with Crippen LogP contribution in [0.5, 0.6) is 0 Å². The van der Waals surface area contributed by atoms with Crippen molar-refractivity contribution in [1.29, 1.82) is 0 Å². The number of carbonyl (C=O) groups excluding carboxylic acids is 1. The van der Waals surface area contributed by atoms with Gasteiger partial charge >= 0.3 is 6.03 Å². The zero-order valence-electron chi connectivity index (χ0n) is 10.4. The van der Waals surface area contributed by atoms with Crippen LogP contribution in [-0.4, -0.2) is 29.4 Å². The maximum absolute atomic E-state index is 11.1. The molecule has 6 nitrogen and oxygen atoms in total. The van der Waals surface area contributed by atoms with Crippen LogP contribution in [0.3, 0.4) is 0 Å². The molecular weight excluding hydrogens is 232 g/mol. The van der Waals surface area contributed by atoms with Crippen LogP contribution in [0.1, 0.15) is 5.69 Å². The van der Waals surface area contributed by atoms with Crippen LogP contribution < -0.4 is 10.6 Å². The van der Waals surface area contributed by atoms with E-state index in [0.717, 1.165) is 17.1 Å². The highest BCUT2D eigenvalue weighted by Gasteiger charge is 2.10. The average Bonchev–Trinajstić information content (AvgIpc) is 2.98. The van der Waals surface area contributed by atoms with Crippen LogP contribution in [0.25, 0.3) is 11.5 Å².